The first kappa shape index (κ1) is 16.3. The summed E-state index contributed by atoms with van der Waals surface area (Å²) < 4.78 is 5.57. The Morgan fingerprint density at radius 3 is 2.59 bits per heavy atom. The van der Waals surface area contributed by atoms with E-state index in [9.17, 15) is 14.7 Å². The topological polar surface area (TPSA) is 74.1 Å². The molecule has 120 valence electrons. The number of carbonyl (C=O) groups is 2. The van der Waals surface area contributed by atoms with Gasteiger partial charge in [0.15, 0.2) is 6.61 Å². The smallest absolute Gasteiger partial charge is 0.260 e. The number of benzene rings is 1. The van der Waals surface area contributed by atoms with Crippen molar-refractivity contribution < 1.29 is 24.3 Å². The number of hydrogen-bond donors (Lipinski definition) is 1. The molecular weight excluding hydrogens is 284 g/mol. The standard InChI is InChI=1S/C16H22N2O4/c1-13-4-2-3-5-14(13)22-12-15(19)18-10-8-17(9-11-18)7-6-16(20)21/h2-5H,6-12H2,1H3,(H,20,21). The number of carbonyl (C=O) groups excluding carboxylic acids is 2. The van der Waals surface area contributed by atoms with Gasteiger partial charge in [0, 0.05) is 12.4 Å². The molecule has 0 saturated carbocycles. The van der Waals surface area contributed by atoms with Gasteiger partial charge < -0.3 is 24.4 Å². The van der Waals surface area contributed by atoms with Crippen molar-refractivity contribution in [2.75, 3.05) is 39.3 Å². The van der Waals surface area contributed by atoms with Gasteiger partial charge in [-0.15, -0.1) is 0 Å². The number of hydrogen-bond acceptors (Lipinski definition) is 4. The number of aliphatic carboxylic acids is 1. The van der Waals surface area contributed by atoms with Gasteiger partial charge in [-0.25, -0.2) is 0 Å². The normalized spacial score (nSPS) is 15.6. The molecule has 6 nitrogen and oxygen atoms in total. The summed E-state index contributed by atoms with van der Waals surface area (Å²) >= 11 is 0. The number of ether oxygens (including phenoxy) is 1. The summed E-state index contributed by atoms with van der Waals surface area (Å²) in [5.41, 5.74) is 1.01. The average Bonchev–Trinajstić information content (AvgIpc) is 2.52. The lowest BCUT2D eigenvalue weighted by Crippen LogP contribution is -3.15. The summed E-state index contributed by atoms with van der Waals surface area (Å²) in [4.78, 5) is 25.6. The fourth-order valence-electron chi connectivity index (χ4n) is 2.55. The first-order valence-electron chi connectivity index (χ1n) is 7.56. The maximum atomic E-state index is 12.1. The van der Waals surface area contributed by atoms with E-state index in [1.54, 1.807) is 4.90 Å². The highest BCUT2D eigenvalue weighted by atomic mass is 16.5. The second-order valence-corrected chi connectivity index (χ2v) is 5.56. The van der Waals surface area contributed by atoms with Crippen molar-refractivity contribution in [1.82, 2.24) is 4.90 Å². The highest BCUT2D eigenvalue weighted by Gasteiger charge is 2.23. The second kappa shape index (κ2) is 7.79. The van der Waals surface area contributed by atoms with Crippen LogP contribution in [-0.4, -0.2) is 56.1 Å². The van der Waals surface area contributed by atoms with E-state index in [1.165, 1.54) is 4.90 Å². The van der Waals surface area contributed by atoms with Crippen molar-refractivity contribution in [3.05, 3.63) is 29.8 Å². The first-order chi connectivity index (χ1) is 10.6. The molecule has 1 amide bonds. The van der Waals surface area contributed by atoms with Crippen molar-refractivity contribution in [3.8, 4) is 5.75 Å². The minimum atomic E-state index is -1.02. The zero-order chi connectivity index (χ0) is 15.9. The molecule has 0 aromatic heterocycles. The minimum absolute atomic E-state index is 0.0257. The molecule has 0 spiro atoms. The number of piperazine rings is 1. The molecule has 1 aromatic rings. The molecule has 1 N–H and O–H groups in total. The van der Waals surface area contributed by atoms with Gasteiger partial charge >= 0.3 is 0 Å². The van der Waals surface area contributed by atoms with E-state index < -0.39 is 5.97 Å². The van der Waals surface area contributed by atoms with Crippen LogP contribution in [0.3, 0.4) is 0 Å². The lowest BCUT2D eigenvalue weighted by Gasteiger charge is -2.32. The predicted molar refractivity (Wildman–Crippen MR) is 78.4 cm³/mol. The summed E-state index contributed by atoms with van der Waals surface area (Å²) in [6.45, 7) is 5.35. The average molecular weight is 306 g/mol. The summed E-state index contributed by atoms with van der Waals surface area (Å²) in [5.74, 6) is -0.311. The molecule has 1 aliphatic heterocycles. The SMILES string of the molecule is Cc1ccccc1OCC(=O)N1CC[NH+](CCC(=O)[O-])CC1. The third-order valence-electron chi connectivity index (χ3n) is 3.95. The lowest BCUT2D eigenvalue weighted by atomic mass is 10.2. The van der Waals surface area contributed by atoms with E-state index in [1.807, 2.05) is 31.2 Å². The Kier molecular flexibility index (Phi) is 5.77. The van der Waals surface area contributed by atoms with Crippen LogP contribution in [0.25, 0.3) is 0 Å². The molecular formula is C16H22N2O4. The first-order valence-corrected chi connectivity index (χ1v) is 7.56. The fourth-order valence-corrected chi connectivity index (χ4v) is 2.55. The Bertz CT molecular complexity index is 525. The molecule has 1 aliphatic rings. The van der Waals surface area contributed by atoms with Crippen LogP contribution in [0.15, 0.2) is 24.3 Å². The van der Waals surface area contributed by atoms with Gasteiger partial charge in [0.1, 0.15) is 5.75 Å². The fraction of sp³-hybridized carbons (Fsp3) is 0.500. The van der Waals surface area contributed by atoms with Gasteiger partial charge in [-0.3, -0.25) is 4.79 Å². The Balaban J connectivity index is 1.73. The van der Waals surface area contributed by atoms with E-state index in [0.29, 0.717) is 19.6 Å². The van der Waals surface area contributed by atoms with Gasteiger partial charge in [-0.2, -0.15) is 0 Å². The lowest BCUT2D eigenvalue weighted by molar-refractivity contribution is -0.903. The molecule has 6 heteroatoms. The van der Waals surface area contributed by atoms with Crippen molar-refractivity contribution in [3.63, 3.8) is 0 Å². The number of para-hydroxylation sites is 1. The monoisotopic (exact) mass is 306 g/mol. The van der Waals surface area contributed by atoms with Gasteiger partial charge in [-0.1, -0.05) is 18.2 Å². The van der Waals surface area contributed by atoms with Crippen LogP contribution in [0.2, 0.25) is 0 Å². The Morgan fingerprint density at radius 2 is 1.95 bits per heavy atom. The van der Waals surface area contributed by atoms with Gasteiger partial charge in [0.05, 0.1) is 32.7 Å². The summed E-state index contributed by atoms with van der Waals surface area (Å²) in [6, 6.07) is 7.61. The molecule has 1 heterocycles. The largest absolute Gasteiger partial charge is 0.550 e. The van der Waals surface area contributed by atoms with Crippen molar-refractivity contribution in [1.29, 1.82) is 0 Å². The van der Waals surface area contributed by atoms with Crippen LogP contribution in [0, 0.1) is 6.92 Å². The summed E-state index contributed by atoms with van der Waals surface area (Å²) in [6.07, 6.45) is 0.0691. The third-order valence-corrected chi connectivity index (χ3v) is 3.95. The second-order valence-electron chi connectivity index (χ2n) is 5.56. The van der Waals surface area contributed by atoms with Gasteiger partial charge in [0.25, 0.3) is 5.91 Å². The third kappa shape index (κ3) is 4.73. The number of aryl methyl sites for hydroxylation is 1. The number of nitrogens with zero attached hydrogens (tertiary/aromatic N) is 1. The van der Waals surface area contributed by atoms with Crippen molar-refractivity contribution in [2.45, 2.75) is 13.3 Å². The molecule has 22 heavy (non-hydrogen) atoms. The van der Waals surface area contributed by atoms with Crippen LogP contribution in [-0.2, 0) is 9.59 Å². The van der Waals surface area contributed by atoms with E-state index in [2.05, 4.69) is 0 Å². The zero-order valence-electron chi connectivity index (χ0n) is 12.8. The number of nitrogens with one attached hydrogen (secondary N) is 1. The molecule has 1 aromatic carbocycles. The maximum absolute atomic E-state index is 12.1. The molecule has 1 saturated heterocycles. The Morgan fingerprint density at radius 1 is 1.27 bits per heavy atom. The van der Waals surface area contributed by atoms with E-state index in [0.717, 1.165) is 24.4 Å². The molecule has 1 fully saturated rings. The number of carboxylic acids is 1. The summed E-state index contributed by atoms with van der Waals surface area (Å²) in [5, 5.41) is 10.5. The van der Waals surface area contributed by atoms with E-state index in [4.69, 9.17) is 4.74 Å². The molecule has 0 bridgehead atoms. The van der Waals surface area contributed by atoms with Gasteiger partial charge in [-0.05, 0) is 18.6 Å². The highest BCUT2D eigenvalue weighted by Crippen LogP contribution is 2.16. The maximum Gasteiger partial charge on any atom is 0.260 e. The van der Waals surface area contributed by atoms with Crippen LogP contribution in [0.4, 0.5) is 0 Å². The molecule has 0 radical (unpaired) electrons. The van der Waals surface area contributed by atoms with Crippen LogP contribution < -0.4 is 14.7 Å². The number of amides is 1. The van der Waals surface area contributed by atoms with E-state index >= 15 is 0 Å². The number of quaternary nitrogens is 1. The summed E-state index contributed by atoms with van der Waals surface area (Å²) in [7, 11) is 0. The van der Waals surface area contributed by atoms with Crippen molar-refractivity contribution in [2.24, 2.45) is 0 Å². The quantitative estimate of drug-likeness (QED) is 0.676. The zero-order valence-corrected chi connectivity index (χ0v) is 12.8. The van der Waals surface area contributed by atoms with Gasteiger partial charge in [0.2, 0.25) is 0 Å². The Hall–Kier alpha value is -2.08. The van der Waals surface area contributed by atoms with E-state index in [-0.39, 0.29) is 18.9 Å². The molecule has 2 rings (SSSR count). The minimum Gasteiger partial charge on any atom is -0.550 e. The number of rotatable bonds is 6. The molecule has 0 unspecified atom stereocenters. The molecule has 0 atom stereocenters. The van der Waals surface area contributed by atoms with Crippen molar-refractivity contribution >= 4 is 11.9 Å². The van der Waals surface area contributed by atoms with Crippen LogP contribution in [0.5, 0.6) is 5.75 Å². The predicted octanol–water partition coefficient (Wildman–Crippen LogP) is -1.76. The van der Waals surface area contributed by atoms with Crippen LogP contribution >= 0.6 is 0 Å². The Labute approximate surface area is 130 Å². The molecule has 0 aliphatic carbocycles. The number of carboxylic acid groups (broad SMARTS) is 1. The van der Waals surface area contributed by atoms with Crippen LogP contribution in [0.1, 0.15) is 12.0 Å². The highest BCUT2D eigenvalue weighted by molar-refractivity contribution is 5.77.